The fourth-order valence-corrected chi connectivity index (χ4v) is 2.55. The van der Waals surface area contributed by atoms with E-state index >= 15 is 0 Å². The molecule has 3 rings (SSSR count). The molecule has 0 aliphatic carbocycles. The lowest BCUT2D eigenvalue weighted by molar-refractivity contribution is 0.290. The Kier molecular flexibility index (Phi) is 2.49. The molecule has 0 N–H and O–H groups in total. The molecule has 0 saturated carbocycles. The Bertz CT molecular complexity index is 491. The van der Waals surface area contributed by atoms with Crippen molar-refractivity contribution < 1.29 is 4.74 Å². The Labute approximate surface area is 102 Å². The summed E-state index contributed by atoms with van der Waals surface area (Å²) >= 11 is 0. The highest BCUT2D eigenvalue weighted by atomic mass is 16.6. The molecule has 0 spiro atoms. The van der Waals surface area contributed by atoms with Crippen LogP contribution in [0.5, 0.6) is 0 Å². The summed E-state index contributed by atoms with van der Waals surface area (Å²) in [5, 5.41) is 0. The Morgan fingerprint density at radius 2 is 1.53 bits per heavy atom. The van der Waals surface area contributed by atoms with Crippen molar-refractivity contribution in [1.29, 1.82) is 0 Å². The van der Waals surface area contributed by atoms with Crippen LogP contribution in [-0.2, 0) is 10.3 Å². The van der Waals surface area contributed by atoms with E-state index in [9.17, 15) is 0 Å². The molecule has 1 heterocycles. The quantitative estimate of drug-likeness (QED) is 0.716. The molecule has 2 atom stereocenters. The average molecular weight is 224 g/mol. The minimum absolute atomic E-state index is 0.0946. The summed E-state index contributed by atoms with van der Waals surface area (Å²) < 4.78 is 6.03. The molecular formula is C16H16O. The Morgan fingerprint density at radius 1 is 0.941 bits per heavy atom. The predicted octanol–water partition coefficient (Wildman–Crippen LogP) is 4.06. The van der Waals surface area contributed by atoms with Gasteiger partial charge < -0.3 is 4.74 Å². The lowest BCUT2D eigenvalue weighted by atomic mass is 9.90. The van der Waals surface area contributed by atoms with Gasteiger partial charge in [-0.2, -0.15) is 0 Å². The van der Waals surface area contributed by atoms with Crippen molar-refractivity contribution in [3.05, 3.63) is 71.8 Å². The molecule has 0 radical (unpaired) electrons. The van der Waals surface area contributed by atoms with E-state index in [4.69, 9.17) is 4.74 Å². The van der Waals surface area contributed by atoms with Gasteiger partial charge in [-0.05, 0) is 17.5 Å². The molecule has 2 aromatic carbocycles. The number of ether oxygens (including phenoxy) is 1. The first kappa shape index (κ1) is 10.5. The molecule has 0 amide bonds. The van der Waals surface area contributed by atoms with Gasteiger partial charge in [0.05, 0.1) is 0 Å². The van der Waals surface area contributed by atoms with Crippen molar-refractivity contribution >= 4 is 0 Å². The molecule has 1 aliphatic rings. The van der Waals surface area contributed by atoms with Gasteiger partial charge in [-0.1, -0.05) is 67.6 Å². The molecule has 1 heteroatoms. The lowest BCUT2D eigenvalue weighted by Gasteiger charge is -2.10. The summed E-state index contributed by atoms with van der Waals surface area (Å²) in [5.74, 6) is 0. The van der Waals surface area contributed by atoms with E-state index in [1.54, 1.807) is 0 Å². The van der Waals surface area contributed by atoms with E-state index in [1.807, 2.05) is 12.1 Å². The molecule has 0 aromatic heterocycles. The lowest BCUT2D eigenvalue weighted by Crippen LogP contribution is -2.08. The van der Waals surface area contributed by atoms with Crippen molar-refractivity contribution in [3.63, 3.8) is 0 Å². The van der Waals surface area contributed by atoms with E-state index in [-0.39, 0.29) is 11.7 Å². The average Bonchev–Trinajstić information content (AvgIpc) is 3.17. The first-order chi connectivity index (χ1) is 8.37. The van der Waals surface area contributed by atoms with Gasteiger partial charge in [-0.15, -0.1) is 0 Å². The minimum atomic E-state index is -0.0946. The second-order valence-corrected chi connectivity index (χ2v) is 4.52. The highest BCUT2D eigenvalue weighted by Crippen LogP contribution is 2.58. The maximum absolute atomic E-state index is 6.03. The maximum Gasteiger partial charge on any atom is 0.124 e. The minimum Gasteiger partial charge on any atom is -0.356 e. The molecule has 2 aromatic rings. The van der Waals surface area contributed by atoms with Crippen LogP contribution in [0.4, 0.5) is 0 Å². The molecule has 1 nitrogen and oxygen atoms in total. The van der Waals surface area contributed by atoms with Crippen LogP contribution < -0.4 is 0 Å². The highest BCUT2D eigenvalue weighted by Gasteiger charge is 2.56. The zero-order chi connectivity index (χ0) is 11.7. The fourth-order valence-electron chi connectivity index (χ4n) is 2.55. The van der Waals surface area contributed by atoms with Crippen molar-refractivity contribution in [3.8, 4) is 0 Å². The molecule has 1 saturated heterocycles. The monoisotopic (exact) mass is 224 g/mol. The van der Waals surface area contributed by atoms with E-state index in [0.29, 0.717) is 0 Å². The summed E-state index contributed by atoms with van der Waals surface area (Å²) in [5.41, 5.74) is 2.47. The molecule has 1 aliphatic heterocycles. The van der Waals surface area contributed by atoms with E-state index < -0.39 is 0 Å². The van der Waals surface area contributed by atoms with Gasteiger partial charge in [0, 0.05) is 0 Å². The van der Waals surface area contributed by atoms with Crippen LogP contribution in [-0.4, -0.2) is 0 Å². The van der Waals surface area contributed by atoms with Gasteiger partial charge in [0.25, 0.3) is 0 Å². The van der Waals surface area contributed by atoms with E-state index in [0.717, 1.165) is 6.42 Å². The topological polar surface area (TPSA) is 12.5 Å². The van der Waals surface area contributed by atoms with Crippen LogP contribution >= 0.6 is 0 Å². The number of benzene rings is 2. The maximum atomic E-state index is 6.03. The number of epoxide rings is 1. The van der Waals surface area contributed by atoms with Crippen molar-refractivity contribution in [2.75, 3.05) is 0 Å². The van der Waals surface area contributed by atoms with Gasteiger partial charge in [0.15, 0.2) is 0 Å². The Hall–Kier alpha value is -1.60. The smallest absolute Gasteiger partial charge is 0.124 e. The second kappa shape index (κ2) is 4.01. The number of hydrogen-bond donors (Lipinski definition) is 0. The van der Waals surface area contributed by atoms with Crippen LogP contribution in [0.2, 0.25) is 0 Å². The fraction of sp³-hybridized carbons (Fsp3) is 0.250. The normalized spacial score (nSPS) is 26.8. The van der Waals surface area contributed by atoms with Gasteiger partial charge in [-0.25, -0.2) is 0 Å². The third-order valence-electron chi connectivity index (χ3n) is 3.58. The predicted molar refractivity (Wildman–Crippen MR) is 68.7 cm³/mol. The van der Waals surface area contributed by atoms with Gasteiger partial charge in [-0.3, -0.25) is 0 Å². The molecule has 0 unspecified atom stereocenters. The van der Waals surface area contributed by atoms with Gasteiger partial charge >= 0.3 is 0 Å². The third-order valence-corrected chi connectivity index (χ3v) is 3.58. The van der Waals surface area contributed by atoms with Crippen LogP contribution in [0, 0.1) is 0 Å². The zero-order valence-electron chi connectivity index (χ0n) is 9.97. The summed E-state index contributed by atoms with van der Waals surface area (Å²) in [6.45, 7) is 2.19. The molecule has 17 heavy (non-hydrogen) atoms. The Balaban J connectivity index is 1.94. The second-order valence-electron chi connectivity index (χ2n) is 4.52. The largest absolute Gasteiger partial charge is 0.356 e. The van der Waals surface area contributed by atoms with Crippen molar-refractivity contribution in [1.82, 2.24) is 0 Å². The molecule has 1 fully saturated rings. The highest BCUT2D eigenvalue weighted by molar-refractivity contribution is 5.35. The van der Waals surface area contributed by atoms with Gasteiger partial charge in [0.1, 0.15) is 11.7 Å². The number of hydrogen-bond acceptors (Lipinski definition) is 1. The van der Waals surface area contributed by atoms with Gasteiger partial charge in [0.2, 0.25) is 0 Å². The van der Waals surface area contributed by atoms with Crippen LogP contribution in [0.3, 0.4) is 0 Å². The summed E-state index contributed by atoms with van der Waals surface area (Å²) in [4.78, 5) is 0. The molecule has 86 valence electrons. The zero-order valence-corrected chi connectivity index (χ0v) is 9.97. The van der Waals surface area contributed by atoms with Crippen molar-refractivity contribution in [2.24, 2.45) is 0 Å². The van der Waals surface area contributed by atoms with Crippen LogP contribution in [0.1, 0.15) is 30.6 Å². The summed E-state index contributed by atoms with van der Waals surface area (Å²) in [7, 11) is 0. The summed E-state index contributed by atoms with van der Waals surface area (Å²) in [6.07, 6.45) is 1.23. The third kappa shape index (κ3) is 1.67. The van der Waals surface area contributed by atoms with E-state index in [2.05, 4.69) is 55.5 Å². The Morgan fingerprint density at radius 3 is 2.12 bits per heavy atom. The molecule has 0 bridgehead atoms. The van der Waals surface area contributed by atoms with Crippen LogP contribution in [0.15, 0.2) is 60.7 Å². The first-order valence-corrected chi connectivity index (χ1v) is 6.15. The van der Waals surface area contributed by atoms with Crippen molar-refractivity contribution in [2.45, 2.75) is 25.0 Å². The summed E-state index contributed by atoms with van der Waals surface area (Å²) in [6, 6.07) is 21.0. The SMILES string of the molecule is CC[C@@]1(c2ccccc2)O[C@H]1c1ccccc1. The standard InChI is InChI=1S/C16H16O/c1-2-16(14-11-7-4-8-12-14)15(17-16)13-9-5-3-6-10-13/h3-12,15H,2H2,1H3/t15-,16-/m0/s1. The molecular weight excluding hydrogens is 208 g/mol. The van der Waals surface area contributed by atoms with Crippen LogP contribution in [0.25, 0.3) is 0 Å². The van der Waals surface area contributed by atoms with E-state index in [1.165, 1.54) is 11.1 Å². The first-order valence-electron chi connectivity index (χ1n) is 6.15. The number of rotatable bonds is 3.